The molecule has 0 bridgehead atoms. The first kappa shape index (κ1) is 18.0. The maximum Gasteiger partial charge on any atom is 0.263 e. The van der Waals surface area contributed by atoms with Gasteiger partial charge in [-0.3, -0.25) is 4.72 Å². The van der Waals surface area contributed by atoms with E-state index in [-0.39, 0.29) is 10.7 Å². The minimum atomic E-state index is -3.79. The zero-order valence-electron chi connectivity index (χ0n) is 13.7. The van der Waals surface area contributed by atoms with Gasteiger partial charge in [0.1, 0.15) is 5.75 Å². The molecule has 0 saturated heterocycles. The van der Waals surface area contributed by atoms with Crippen molar-refractivity contribution in [1.82, 2.24) is 10.2 Å². The Morgan fingerprint density at radius 2 is 1.69 bits per heavy atom. The number of ether oxygens (including phenoxy) is 1. The Balaban J connectivity index is 1.73. The normalized spacial score (nSPS) is 11.0. The van der Waals surface area contributed by atoms with Crippen molar-refractivity contribution in [2.24, 2.45) is 0 Å². The highest BCUT2D eigenvalue weighted by Crippen LogP contribution is 2.21. The number of sulfonamides is 1. The lowest BCUT2D eigenvalue weighted by molar-refractivity contribution is 0.415. The largest absolute Gasteiger partial charge is 0.497 e. The van der Waals surface area contributed by atoms with Crippen LogP contribution in [0.25, 0.3) is 0 Å². The number of nitrogens with one attached hydrogen (secondary N) is 2. The smallest absolute Gasteiger partial charge is 0.263 e. The molecule has 9 heteroatoms. The van der Waals surface area contributed by atoms with Crippen molar-refractivity contribution in [3.05, 3.63) is 65.7 Å². The van der Waals surface area contributed by atoms with Crippen LogP contribution in [-0.4, -0.2) is 25.7 Å². The molecular weight excluding hydrogens is 376 g/mol. The Morgan fingerprint density at radius 1 is 0.962 bits per heavy atom. The Bertz CT molecular complexity index is 1010. The predicted octanol–water partition coefficient (Wildman–Crippen LogP) is 3.68. The Morgan fingerprint density at radius 3 is 2.38 bits per heavy atom. The van der Waals surface area contributed by atoms with Crippen LogP contribution < -0.4 is 14.8 Å². The number of hydrogen-bond acceptors (Lipinski definition) is 6. The summed E-state index contributed by atoms with van der Waals surface area (Å²) in [6, 6.07) is 16.4. The van der Waals surface area contributed by atoms with Gasteiger partial charge in [0.25, 0.3) is 10.0 Å². The van der Waals surface area contributed by atoms with E-state index in [9.17, 15) is 8.42 Å². The van der Waals surface area contributed by atoms with E-state index >= 15 is 0 Å². The fraction of sp³-hybridized carbons (Fsp3) is 0.0588. The third kappa shape index (κ3) is 4.41. The number of hydrogen-bond donors (Lipinski definition) is 2. The molecule has 2 aromatic carbocycles. The second-order valence-corrected chi connectivity index (χ2v) is 7.34. The van der Waals surface area contributed by atoms with E-state index < -0.39 is 10.0 Å². The number of aromatic nitrogens is 2. The SMILES string of the molecule is COc1cccc(Nc2ccc(NS(=O)(=O)c3cccc(Cl)c3)nn2)c1. The van der Waals surface area contributed by atoms with Crippen LogP contribution >= 0.6 is 11.6 Å². The van der Waals surface area contributed by atoms with Crippen LogP contribution in [-0.2, 0) is 10.0 Å². The first-order valence-corrected chi connectivity index (χ1v) is 9.35. The zero-order chi connectivity index (χ0) is 18.6. The van der Waals surface area contributed by atoms with Gasteiger partial charge in [0, 0.05) is 16.8 Å². The van der Waals surface area contributed by atoms with E-state index in [0.29, 0.717) is 16.6 Å². The summed E-state index contributed by atoms with van der Waals surface area (Å²) in [5.74, 6) is 1.26. The van der Waals surface area contributed by atoms with Crippen molar-refractivity contribution in [1.29, 1.82) is 0 Å². The quantitative estimate of drug-likeness (QED) is 0.666. The van der Waals surface area contributed by atoms with Gasteiger partial charge in [-0.25, -0.2) is 8.42 Å². The van der Waals surface area contributed by atoms with Gasteiger partial charge in [-0.1, -0.05) is 23.7 Å². The number of rotatable bonds is 6. The topological polar surface area (TPSA) is 93.2 Å². The molecule has 0 aliphatic heterocycles. The minimum Gasteiger partial charge on any atom is -0.497 e. The van der Waals surface area contributed by atoms with Crippen LogP contribution in [0, 0.1) is 0 Å². The van der Waals surface area contributed by atoms with Crippen molar-refractivity contribution in [2.75, 3.05) is 17.1 Å². The predicted molar refractivity (Wildman–Crippen MR) is 101 cm³/mol. The zero-order valence-corrected chi connectivity index (χ0v) is 15.3. The fourth-order valence-corrected chi connectivity index (χ4v) is 3.43. The third-order valence-electron chi connectivity index (χ3n) is 3.35. The highest BCUT2D eigenvalue weighted by atomic mass is 35.5. The molecule has 0 fully saturated rings. The summed E-state index contributed by atoms with van der Waals surface area (Å²) in [6.45, 7) is 0. The molecule has 0 aliphatic rings. The summed E-state index contributed by atoms with van der Waals surface area (Å²) in [5.41, 5.74) is 0.769. The summed E-state index contributed by atoms with van der Waals surface area (Å²) < 4.78 is 32.2. The lowest BCUT2D eigenvalue weighted by atomic mass is 10.3. The molecule has 134 valence electrons. The summed E-state index contributed by atoms with van der Waals surface area (Å²) >= 11 is 5.84. The van der Waals surface area contributed by atoms with Crippen LogP contribution in [0.5, 0.6) is 5.75 Å². The number of halogens is 1. The van der Waals surface area contributed by atoms with Gasteiger partial charge in [0.15, 0.2) is 11.6 Å². The average Bonchev–Trinajstić information content (AvgIpc) is 2.63. The van der Waals surface area contributed by atoms with Gasteiger partial charge in [-0.05, 0) is 42.5 Å². The molecule has 0 unspecified atom stereocenters. The van der Waals surface area contributed by atoms with E-state index in [1.807, 2.05) is 18.2 Å². The van der Waals surface area contributed by atoms with Crippen molar-refractivity contribution < 1.29 is 13.2 Å². The Hall–Kier alpha value is -2.84. The summed E-state index contributed by atoms with van der Waals surface area (Å²) in [4.78, 5) is 0.0467. The first-order chi connectivity index (χ1) is 12.5. The number of methoxy groups -OCH3 is 1. The standard InChI is InChI=1S/C17H15ClN4O3S/c1-25-14-6-3-5-13(11-14)19-16-8-9-17(21-20-16)22-26(23,24)15-7-2-4-12(18)10-15/h2-11H,1H3,(H,19,20)(H,21,22). The molecule has 3 aromatic rings. The molecule has 26 heavy (non-hydrogen) atoms. The second-order valence-electron chi connectivity index (χ2n) is 5.22. The highest BCUT2D eigenvalue weighted by Gasteiger charge is 2.15. The Labute approximate surface area is 156 Å². The Kier molecular flexibility index (Phi) is 5.24. The van der Waals surface area contributed by atoms with Crippen LogP contribution in [0.3, 0.4) is 0 Å². The first-order valence-electron chi connectivity index (χ1n) is 7.49. The van der Waals surface area contributed by atoms with Crippen LogP contribution in [0.1, 0.15) is 0 Å². The molecule has 0 aliphatic carbocycles. The summed E-state index contributed by atoms with van der Waals surface area (Å²) in [6.07, 6.45) is 0. The summed E-state index contributed by atoms with van der Waals surface area (Å²) in [7, 11) is -2.21. The van der Waals surface area contributed by atoms with Crippen LogP contribution in [0.4, 0.5) is 17.3 Å². The van der Waals surface area contributed by atoms with Gasteiger partial charge >= 0.3 is 0 Å². The van der Waals surface area contributed by atoms with E-state index in [4.69, 9.17) is 16.3 Å². The van der Waals surface area contributed by atoms with Gasteiger partial charge in [-0.15, -0.1) is 10.2 Å². The number of nitrogens with zero attached hydrogens (tertiary/aromatic N) is 2. The van der Waals surface area contributed by atoms with E-state index in [1.54, 1.807) is 31.4 Å². The molecule has 7 nitrogen and oxygen atoms in total. The minimum absolute atomic E-state index is 0.0467. The van der Waals surface area contributed by atoms with Gasteiger partial charge in [-0.2, -0.15) is 0 Å². The monoisotopic (exact) mass is 390 g/mol. The molecule has 1 aromatic heterocycles. The molecular formula is C17H15ClN4O3S. The maximum atomic E-state index is 12.3. The lowest BCUT2D eigenvalue weighted by Crippen LogP contribution is -2.14. The highest BCUT2D eigenvalue weighted by molar-refractivity contribution is 7.92. The van der Waals surface area contributed by atoms with Gasteiger partial charge in [0.2, 0.25) is 0 Å². The van der Waals surface area contributed by atoms with Crippen molar-refractivity contribution in [3.63, 3.8) is 0 Å². The average molecular weight is 391 g/mol. The van der Waals surface area contributed by atoms with Crippen LogP contribution in [0.2, 0.25) is 5.02 Å². The van der Waals surface area contributed by atoms with Crippen molar-refractivity contribution in [3.8, 4) is 5.75 Å². The van der Waals surface area contributed by atoms with Gasteiger partial charge < -0.3 is 10.1 Å². The third-order valence-corrected chi connectivity index (χ3v) is 4.94. The second kappa shape index (κ2) is 7.59. The molecule has 0 atom stereocenters. The van der Waals surface area contributed by atoms with Crippen LogP contribution in [0.15, 0.2) is 65.6 Å². The summed E-state index contributed by atoms with van der Waals surface area (Å²) in [5, 5.41) is 11.2. The number of benzene rings is 2. The van der Waals surface area contributed by atoms with Crippen molar-refractivity contribution >= 4 is 38.9 Å². The van der Waals surface area contributed by atoms with E-state index in [0.717, 1.165) is 5.69 Å². The lowest BCUT2D eigenvalue weighted by Gasteiger charge is -2.09. The van der Waals surface area contributed by atoms with Gasteiger partial charge in [0.05, 0.1) is 12.0 Å². The number of anilines is 3. The van der Waals surface area contributed by atoms with E-state index in [1.165, 1.54) is 18.2 Å². The maximum absolute atomic E-state index is 12.3. The van der Waals surface area contributed by atoms with E-state index in [2.05, 4.69) is 20.2 Å². The molecule has 3 rings (SSSR count). The molecule has 1 heterocycles. The van der Waals surface area contributed by atoms with Crippen molar-refractivity contribution in [2.45, 2.75) is 4.90 Å². The molecule has 2 N–H and O–H groups in total. The molecule has 0 saturated carbocycles. The molecule has 0 spiro atoms. The molecule has 0 radical (unpaired) electrons. The fourth-order valence-electron chi connectivity index (χ4n) is 2.13. The molecule has 0 amide bonds.